The van der Waals surface area contributed by atoms with Crippen molar-refractivity contribution in [2.24, 2.45) is 0 Å². The Hall–Kier alpha value is -0.860. The lowest BCUT2D eigenvalue weighted by Crippen LogP contribution is -2.26. The van der Waals surface area contributed by atoms with Crippen molar-refractivity contribution in [2.75, 3.05) is 27.4 Å². The maximum Gasteiger partial charge on any atom is 0.244 e. The molecule has 1 rings (SSSR count). The van der Waals surface area contributed by atoms with E-state index in [1.165, 1.54) is 19.2 Å². The molecule has 0 amide bonds. The molecule has 0 heterocycles. The van der Waals surface area contributed by atoms with Gasteiger partial charge in [-0.2, -0.15) is 0 Å². The molecule has 2 N–H and O–H groups in total. The largest absolute Gasteiger partial charge is 0.495 e. The Morgan fingerprint density at radius 3 is 2.60 bits per heavy atom. The molecule has 1 aromatic carbocycles. The molecular formula is C12H18ClNO5S. The lowest BCUT2D eigenvalue weighted by atomic mass is 10.2. The van der Waals surface area contributed by atoms with Gasteiger partial charge in [-0.1, -0.05) is 11.6 Å². The fourth-order valence-electron chi connectivity index (χ4n) is 1.67. The molecule has 0 spiro atoms. The quantitative estimate of drug-likeness (QED) is 0.701. The summed E-state index contributed by atoms with van der Waals surface area (Å²) >= 11 is 5.87. The molecule has 6 nitrogen and oxygen atoms in total. The van der Waals surface area contributed by atoms with E-state index >= 15 is 0 Å². The zero-order valence-corrected chi connectivity index (χ0v) is 12.9. The fraction of sp³-hybridized carbons (Fsp3) is 0.500. The number of rotatable bonds is 8. The van der Waals surface area contributed by atoms with E-state index in [2.05, 4.69) is 4.72 Å². The van der Waals surface area contributed by atoms with Gasteiger partial charge in [-0.15, -0.1) is 0 Å². The average Bonchev–Trinajstić information content (AvgIpc) is 2.42. The zero-order valence-electron chi connectivity index (χ0n) is 11.3. The van der Waals surface area contributed by atoms with E-state index in [1.54, 1.807) is 7.11 Å². The number of hydrogen-bond donors (Lipinski definition) is 2. The van der Waals surface area contributed by atoms with Crippen LogP contribution in [0, 0.1) is 0 Å². The van der Waals surface area contributed by atoms with E-state index in [9.17, 15) is 13.5 Å². The number of benzene rings is 1. The fourth-order valence-corrected chi connectivity index (χ4v) is 3.29. The molecule has 0 aliphatic carbocycles. The lowest BCUT2D eigenvalue weighted by molar-refractivity contribution is 0.196. The van der Waals surface area contributed by atoms with Crippen LogP contribution in [0.2, 0.25) is 5.02 Å². The van der Waals surface area contributed by atoms with Crippen LogP contribution < -0.4 is 9.46 Å². The minimum Gasteiger partial charge on any atom is -0.495 e. The number of aliphatic hydroxyl groups is 1. The van der Waals surface area contributed by atoms with Crippen molar-refractivity contribution in [1.82, 2.24) is 4.72 Å². The maximum absolute atomic E-state index is 12.2. The van der Waals surface area contributed by atoms with Gasteiger partial charge in [0.2, 0.25) is 10.0 Å². The van der Waals surface area contributed by atoms with E-state index in [-0.39, 0.29) is 28.8 Å². The summed E-state index contributed by atoms with van der Waals surface area (Å²) in [5.41, 5.74) is 0.317. The minimum atomic E-state index is -3.76. The van der Waals surface area contributed by atoms with Crippen molar-refractivity contribution in [2.45, 2.75) is 17.9 Å². The van der Waals surface area contributed by atoms with Gasteiger partial charge in [0.25, 0.3) is 0 Å². The van der Waals surface area contributed by atoms with Crippen molar-refractivity contribution in [1.29, 1.82) is 0 Å². The number of halogens is 1. The van der Waals surface area contributed by atoms with Crippen molar-refractivity contribution >= 4 is 21.6 Å². The minimum absolute atomic E-state index is 0.0889. The predicted octanol–water partition coefficient (Wildman–Crippen LogP) is 1.16. The van der Waals surface area contributed by atoms with Crippen LogP contribution in [0.4, 0.5) is 0 Å². The van der Waals surface area contributed by atoms with Gasteiger partial charge >= 0.3 is 0 Å². The van der Waals surface area contributed by atoms with Crippen LogP contribution >= 0.6 is 11.6 Å². The van der Waals surface area contributed by atoms with E-state index in [1.807, 2.05) is 0 Å². The molecule has 0 saturated heterocycles. The maximum atomic E-state index is 12.2. The average molecular weight is 324 g/mol. The van der Waals surface area contributed by atoms with Crippen LogP contribution in [-0.2, 0) is 21.4 Å². The standard InChI is InChI=1S/C12H18ClNO5S/c1-18-5-3-4-14-20(16,17)11-7-10(13)6-9(8-15)12(11)19-2/h6-7,14-15H,3-5,8H2,1-2H3. The number of ether oxygens (including phenoxy) is 2. The molecule has 114 valence electrons. The second kappa shape index (κ2) is 7.80. The van der Waals surface area contributed by atoms with Crippen molar-refractivity contribution in [3.05, 3.63) is 22.7 Å². The number of hydrogen-bond acceptors (Lipinski definition) is 5. The first-order chi connectivity index (χ1) is 9.46. The topological polar surface area (TPSA) is 84.9 Å². The van der Waals surface area contributed by atoms with Gasteiger partial charge in [-0.05, 0) is 18.6 Å². The lowest BCUT2D eigenvalue weighted by Gasteiger charge is -2.14. The summed E-state index contributed by atoms with van der Waals surface area (Å²) in [6.07, 6.45) is 0.547. The van der Waals surface area contributed by atoms with Crippen molar-refractivity contribution in [3.8, 4) is 5.75 Å². The summed E-state index contributed by atoms with van der Waals surface area (Å²) in [5.74, 6) is 0.0936. The van der Waals surface area contributed by atoms with Crippen molar-refractivity contribution in [3.63, 3.8) is 0 Å². The summed E-state index contributed by atoms with van der Waals surface area (Å²) in [5, 5.41) is 9.45. The molecule has 20 heavy (non-hydrogen) atoms. The molecule has 1 aromatic rings. The molecule has 0 atom stereocenters. The number of aliphatic hydroxyl groups excluding tert-OH is 1. The SMILES string of the molecule is COCCCNS(=O)(=O)c1cc(Cl)cc(CO)c1OC. The van der Waals surface area contributed by atoms with E-state index in [0.717, 1.165) is 0 Å². The van der Waals surface area contributed by atoms with Crippen LogP contribution in [0.25, 0.3) is 0 Å². The molecule has 8 heteroatoms. The summed E-state index contributed by atoms with van der Waals surface area (Å²) in [7, 11) is -0.881. The molecule has 0 unspecified atom stereocenters. The van der Waals surface area contributed by atoms with Crippen LogP contribution in [0.5, 0.6) is 5.75 Å². The highest BCUT2D eigenvalue weighted by Crippen LogP contribution is 2.31. The highest BCUT2D eigenvalue weighted by atomic mass is 35.5. The number of nitrogens with one attached hydrogen (secondary N) is 1. The molecule has 0 aromatic heterocycles. The molecule has 0 saturated carbocycles. The van der Waals surface area contributed by atoms with Gasteiger partial charge in [0.1, 0.15) is 10.6 Å². The van der Waals surface area contributed by atoms with E-state index in [0.29, 0.717) is 18.6 Å². The van der Waals surface area contributed by atoms with Gasteiger partial charge < -0.3 is 14.6 Å². The second-order valence-corrected chi connectivity index (χ2v) is 6.17. The Morgan fingerprint density at radius 1 is 1.35 bits per heavy atom. The van der Waals surface area contributed by atoms with Gasteiger partial charge in [0, 0.05) is 30.8 Å². The van der Waals surface area contributed by atoms with E-state index in [4.69, 9.17) is 21.1 Å². The van der Waals surface area contributed by atoms with Crippen LogP contribution in [0.15, 0.2) is 17.0 Å². The van der Waals surface area contributed by atoms with Gasteiger partial charge in [-0.25, -0.2) is 13.1 Å². The van der Waals surface area contributed by atoms with Gasteiger partial charge in [0.05, 0.1) is 13.7 Å². The molecule has 0 fully saturated rings. The Bertz CT molecular complexity index is 547. The summed E-state index contributed by atoms with van der Waals surface area (Å²) < 4.78 is 36.8. The highest BCUT2D eigenvalue weighted by Gasteiger charge is 2.22. The van der Waals surface area contributed by atoms with Crippen molar-refractivity contribution < 1.29 is 23.0 Å². The first-order valence-corrected chi connectivity index (χ1v) is 7.78. The van der Waals surface area contributed by atoms with Crippen LogP contribution in [0.1, 0.15) is 12.0 Å². The van der Waals surface area contributed by atoms with E-state index < -0.39 is 10.0 Å². The molecular weight excluding hydrogens is 306 g/mol. The Morgan fingerprint density at radius 2 is 2.05 bits per heavy atom. The molecule has 0 radical (unpaired) electrons. The Labute approximate surface area is 123 Å². The monoisotopic (exact) mass is 323 g/mol. The Balaban J connectivity index is 3.07. The number of sulfonamides is 1. The third-order valence-electron chi connectivity index (χ3n) is 2.58. The normalized spacial score (nSPS) is 11.6. The highest BCUT2D eigenvalue weighted by molar-refractivity contribution is 7.89. The van der Waals surface area contributed by atoms with Gasteiger partial charge in [0.15, 0.2) is 0 Å². The first-order valence-electron chi connectivity index (χ1n) is 5.92. The number of methoxy groups -OCH3 is 2. The van der Waals surface area contributed by atoms with Crippen LogP contribution in [-0.4, -0.2) is 40.9 Å². The summed E-state index contributed by atoms with van der Waals surface area (Å²) in [4.78, 5) is -0.0889. The van der Waals surface area contributed by atoms with Crippen LogP contribution in [0.3, 0.4) is 0 Å². The first kappa shape index (κ1) is 17.2. The Kier molecular flexibility index (Phi) is 6.70. The molecule has 0 aliphatic heterocycles. The third-order valence-corrected chi connectivity index (χ3v) is 4.26. The zero-order chi connectivity index (χ0) is 15.2. The molecule has 0 bridgehead atoms. The molecule has 0 aliphatic rings. The summed E-state index contributed by atoms with van der Waals surface area (Å²) in [6, 6.07) is 2.75. The predicted molar refractivity (Wildman–Crippen MR) is 75.6 cm³/mol. The second-order valence-electron chi connectivity index (χ2n) is 4.00. The summed E-state index contributed by atoms with van der Waals surface area (Å²) in [6.45, 7) is 0.327. The van der Waals surface area contributed by atoms with Gasteiger partial charge in [-0.3, -0.25) is 0 Å². The smallest absolute Gasteiger partial charge is 0.244 e. The third kappa shape index (κ3) is 4.32.